The van der Waals surface area contributed by atoms with Crippen LogP contribution < -0.4 is 0 Å². The summed E-state index contributed by atoms with van der Waals surface area (Å²) >= 11 is 0. The summed E-state index contributed by atoms with van der Waals surface area (Å²) in [5.74, 6) is -0.0270. The van der Waals surface area contributed by atoms with Gasteiger partial charge in [0, 0.05) is 38.3 Å². The van der Waals surface area contributed by atoms with E-state index in [9.17, 15) is 9.59 Å². The van der Waals surface area contributed by atoms with E-state index in [1.807, 2.05) is 20.8 Å². The molecule has 2 amide bonds. The number of hydrogen-bond donors (Lipinski definition) is 0. The molecule has 0 aliphatic heterocycles. The normalized spacial score (nSPS) is 13.8. The van der Waals surface area contributed by atoms with E-state index in [4.69, 9.17) is 0 Å². The molecule has 2 rings (SSSR count). The van der Waals surface area contributed by atoms with Gasteiger partial charge in [0.15, 0.2) is 0 Å². The Morgan fingerprint density at radius 2 is 1.86 bits per heavy atom. The van der Waals surface area contributed by atoms with Crippen molar-refractivity contribution in [3.8, 4) is 0 Å². The third-order valence-corrected chi connectivity index (χ3v) is 3.93. The van der Waals surface area contributed by atoms with E-state index < -0.39 is 0 Å². The Morgan fingerprint density at radius 1 is 1.18 bits per heavy atom. The Hall–Kier alpha value is -1.98. The second kappa shape index (κ2) is 7.33. The number of aromatic nitrogens is 2. The second-order valence-corrected chi connectivity index (χ2v) is 5.59. The largest absolute Gasteiger partial charge is 0.343 e. The lowest BCUT2D eigenvalue weighted by Crippen LogP contribution is -2.38. The van der Waals surface area contributed by atoms with Crippen LogP contribution in [-0.2, 0) is 4.79 Å². The molecule has 0 radical (unpaired) electrons. The van der Waals surface area contributed by atoms with E-state index >= 15 is 0 Å². The molecule has 0 unspecified atom stereocenters. The molecule has 0 aromatic carbocycles. The van der Waals surface area contributed by atoms with Gasteiger partial charge >= 0.3 is 0 Å². The molecular formula is C16H24N4O2. The molecule has 0 N–H and O–H groups in total. The molecule has 1 heterocycles. The van der Waals surface area contributed by atoms with Crippen LogP contribution in [0.25, 0.3) is 0 Å². The molecule has 0 spiro atoms. The third-order valence-electron chi connectivity index (χ3n) is 3.93. The lowest BCUT2D eigenvalue weighted by molar-refractivity contribution is -0.131. The molecule has 120 valence electrons. The van der Waals surface area contributed by atoms with Crippen LogP contribution in [0.3, 0.4) is 0 Å². The number of carbonyl (C=O) groups excluding carboxylic acids is 2. The van der Waals surface area contributed by atoms with Crippen molar-refractivity contribution in [1.29, 1.82) is 0 Å². The van der Waals surface area contributed by atoms with Crippen LogP contribution in [0.4, 0.5) is 0 Å². The van der Waals surface area contributed by atoms with E-state index in [0.717, 1.165) is 18.5 Å². The fourth-order valence-electron chi connectivity index (χ4n) is 2.44. The number of amides is 2. The smallest absolute Gasteiger partial charge is 0.274 e. The van der Waals surface area contributed by atoms with E-state index in [2.05, 4.69) is 9.97 Å². The van der Waals surface area contributed by atoms with Gasteiger partial charge in [-0.25, -0.2) is 4.98 Å². The molecule has 1 aliphatic carbocycles. The van der Waals surface area contributed by atoms with Gasteiger partial charge < -0.3 is 9.80 Å². The fourth-order valence-corrected chi connectivity index (χ4v) is 2.44. The van der Waals surface area contributed by atoms with Crippen LogP contribution in [0.2, 0.25) is 0 Å². The minimum Gasteiger partial charge on any atom is -0.343 e. The van der Waals surface area contributed by atoms with E-state index in [0.29, 0.717) is 31.7 Å². The number of rotatable bonds is 7. The third kappa shape index (κ3) is 4.02. The van der Waals surface area contributed by atoms with E-state index in [-0.39, 0.29) is 17.9 Å². The zero-order valence-electron chi connectivity index (χ0n) is 13.6. The summed E-state index contributed by atoms with van der Waals surface area (Å²) in [6.07, 6.45) is 5.48. The summed E-state index contributed by atoms with van der Waals surface area (Å²) in [5, 5.41) is 0. The lowest BCUT2D eigenvalue weighted by Gasteiger charge is -2.24. The fraction of sp³-hybridized carbons (Fsp3) is 0.625. The molecule has 6 heteroatoms. The maximum absolute atomic E-state index is 12.6. The number of carbonyl (C=O) groups is 2. The zero-order chi connectivity index (χ0) is 16.1. The van der Waals surface area contributed by atoms with Crippen LogP contribution in [0.5, 0.6) is 0 Å². The predicted octanol–water partition coefficient (Wildman–Crippen LogP) is 1.65. The molecule has 1 aromatic heterocycles. The summed E-state index contributed by atoms with van der Waals surface area (Å²) in [6, 6.07) is 0.250. The highest BCUT2D eigenvalue weighted by Gasteiger charge is 2.34. The lowest BCUT2D eigenvalue weighted by atomic mass is 10.3. The maximum Gasteiger partial charge on any atom is 0.274 e. The highest BCUT2D eigenvalue weighted by Crippen LogP contribution is 2.28. The monoisotopic (exact) mass is 304 g/mol. The molecule has 0 saturated heterocycles. The first-order chi connectivity index (χ1) is 10.6. The molecule has 1 aliphatic rings. The zero-order valence-corrected chi connectivity index (χ0v) is 13.6. The van der Waals surface area contributed by atoms with Gasteiger partial charge in [0.1, 0.15) is 5.69 Å². The van der Waals surface area contributed by atoms with Crippen LogP contribution in [0.15, 0.2) is 12.4 Å². The number of nitrogens with zero attached hydrogens (tertiary/aromatic N) is 4. The summed E-state index contributed by atoms with van der Waals surface area (Å²) in [6.45, 7) is 7.63. The van der Waals surface area contributed by atoms with Gasteiger partial charge in [-0.2, -0.15) is 0 Å². The average Bonchev–Trinajstić information content (AvgIpc) is 3.34. The van der Waals surface area contributed by atoms with Crippen LogP contribution in [0, 0.1) is 6.92 Å². The van der Waals surface area contributed by atoms with Crippen LogP contribution in [-0.4, -0.2) is 57.3 Å². The van der Waals surface area contributed by atoms with Crippen molar-refractivity contribution < 1.29 is 9.59 Å². The van der Waals surface area contributed by atoms with Crippen molar-refractivity contribution >= 4 is 11.8 Å². The van der Waals surface area contributed by atoms with Crippen molar-refractivity contribution in [2.24, 2.45) is 0 Å². The first-order valence-corrected chi connectivity index (χ1v) is 7.94. The molecule has 1 aromatic rings. The van der Waals surface area contributed by atoms with Crippen molar-refractivity contribution in [2.75, 3.05) is 19.6 Å². The topological polar surface area (TPSA) is 66.4 Å². The van der Waals surface area contributed by atoms with Crippen molar-refractivity contribution in [3.05, 3.63) is 23.8 Å². The van der Waals surface area contributed by atoms with Gasteiger partial charge in [-0.05, 0) is 33.6 Å². The van der Waals surface area contributed by atoms with Gasteiger partial charge in [0.2, 0.25) is 5.91 Å². The molecule has 1 saturated carbocycles. The van der Waals surface area contributed by atoms with Gasteiger partial charge in [0.25, 0.3) is 5.91 Å². The first kappa shape index (κ1) is 16.4. The minimum atomic E-state index is -0.123. The number of aryl methyl sites for hydroxylation is 1. The molecule has 6 nitrogen and oxygen atoms in total. The average molecular weight is 304 g/mol. The SMILES string of the molecule is CCN(CC)C(=O)CCN(C(=O)c1cnc(C)cn1)C1CC1. The van der Waals surface area contributed by atoms with Gasteiger partial charge in [0.05, 0.1) is 11.9 Å². The van der Waals surface area contributed by atoms with Crippen molar-refractivity contribution in [3.63, 3.8) is 0 Å². The summed E-state index contributed by atoms with van der Waals surface area (Å²) in [7, 11) is 0. The molecular weight excluding hydrogens is 280 g/mol. The Bertz CT molecular complexity index is 521. The molecule has 0 bridgehead atoms. The Morgan fingerprint density at radius 3 is 2.36 bits per heavy atom. The Labute approximate surface area is 131 Å². The first-order valence-electron chi connectivity index (χ1n) is 7.94. The molecule has 22 heavy (non-hydrogen) atoms. The minimum absolute atomic E-state index is 0.0958. The number of hydrogen-bond acceptors (Lipinski definition) is 4. The molecule has 0 atom stereocenters. The second-order valence-electron chi connectivity index (χ2n) is 5.59. The summed E-state index contributed by atoms with van der Waals surface area (Å²) < 4.78 is 0. The Kier molecular flexibility index (Phi) is 5.46. The van der Waals surface area contributed by atoms with Crippen LogP contribution in [0.1, 0.15) is 49.3 Å². The highest BCUT2D eigenvalue weighted by atomic mass is 16.2. The predicted molar refractivity (Wildman–Crippen MR) is 83.4 cm³/mol. The van der Waals surface area contributed by atoms with Crippen LogP contribution >= 0.6 is 0 Å². The van der Waals surface area contributed by atoms with Crippen molar-refractivity contribution in [1.82, 2.24) is 19.8 Å². The standard InChI is InChI=1S/C16H24N4O2/c1-4-19(5-2)15(21)8-9-20(13-6-7-13)16(22)14-11-17-12(3)10-18-14/h10-11,13H,4-9H2,1-3H3. The van der Waals surface area contributed by atoms with E-state index in [1.54, 1.807) is 16.0 Å². The van der Waals surface area contributed by atoms with Gasteiger partial charge in [-0.3, -0.25) is 14.6 Å². The summed E-state index contributed by atoms with van der Waals surface area (Å²) in [5.41, 5.74) is 1.14. The van der Waals surface area contributed by atoms with E-state index in [1.165, 1.54) is 6.20 Å². The maximum atomic E-state index is 12.6. The molecule has 1 fully saturated rings. The van der Waals surface area contributed by atoms with Gasteiger partial charge in [-0.15, -0.1) is 0 Å². The quantitative estimate of drug-likeness (QED) is 0.768. The van der Waals surface area contributed by atoms with Crippen molar-refractivity contribution in [2.45, 2.75) is 46.1 Å². The Balaban J connectivity index is 1.99. The highest BCUT2D eigenvalue weighted by molar-refractivity contribution is 5.92. The van der Waals surface area contributed by atoms with Gasteiger partial charge in [-0.1, -0.05) is 0 Å². The summed E-state index contributed by atoms with van der Waals surface area (Å²) in [4.78, 5) is 36.5.